The third-order valence-corrected chi connectivity index (χ3v) is 4.18. The summed E-state index contributed by atoms with van der Waals surface area (Å²) in [6.07, 6.45) is 1.42. The van der Waals surface area contributed by atoms with Gasteiger partial charge in [-0.25, -0.2) is 22.0 Å². The highest BCUT2D eigenvalue weighted by Gasteiger charge is 2.36. The number of nitrogens with zero attached hydrogens (tertiary/aromatic N) is 3. The lowest BCUT2D eigenvalue weighted by Crippen LogP contribution is -2.25. The first kappa shape index (κ1) is 19.5. The molecule has 0 fully saturated rings. The van der Waals surface area contributed by atoms with E-state index in [9.17, 15) is 26.7 Å². The van der Waals surface area contributed by atoms with Gasteiger partial charge in [-0.3, -0.25) is 4.79 Å². The van der Waals surface area contributed by atoms with Crippen molar-refractivity contribution in [1.29, 1.82) is 0 Å². The molecule has 1 heterocycles. The van der Waals surface area contributed by atoms with Gasteiger partial charge in [0.2, 0.25) is 5.82 Å². The van der Waals surface area contributed by atoms with E-state index in [1.54, 1.807) is 24.3 Å². The van der Waals surface area contributed by atoms with Crippen LogP contribution in [0.5, 0.6) is 0 Å². The van der Waals surface area contributed by atoms with Crippen LogP contribution in [0.1, 0.15) is 12.5 Å². The molecule has 4 nitrogen and oxygen atoms in total. The highest BCUT2D eigenvalue weighted by atomic mass is 19.2. The normalized spacial score (nSPS) is 15.4. The average Bonchev–Trinajstić information content (AvgIpc) is 2.93. The minimum Gasteiger partial charge on any atom is -0.378 e. The molecule has 0 atom stereocenters. The van der Waals surface area contributed by atoms with Crippen molar-refractivity contribution in [1.82, 2.24) is 0 Å². The molecule has 0 spiro atoms. The molecule has 28 heavy (non-hydrogen) atoms. The molecule has 0 saturated carbocycles. The molecule has 0 N–H and O–H groups in total. The van der Waals surface area contributed by atoms with Crippen molar-refractivity contribution in [3.05, 3.63) is 64.5 Å². The number of amides is 1. The van der Waals surface area contributed by atoms with Gasteiger partial charge in [0.25, 0.3) is 5.91 Å². The molecule has 0 radical (unpaired) electrons. The van der Waals surface area contributed by atoms with Crippen molar-refractivity contribution in [2.75, 3.05) is 24.0 Å². The molecule has 1 amide bonds. The molecule has 9 heteroatoms. The van der Waals surface area contributed by atoms with E-state index >= 15 is 0 Å². The van der Waals surface area contributed by atoms with E-state index in [1.165, 1.54) is 13.0 Å². The van der Waals surface area contributed by atoms with Gasteiger partial charge in [0.1, 0.15) is 5.69 Å². The number of rotatable bonds is 3. The minimum absolute atomic E-state index is 0.0263. The average molecular weight is 395 g/mol. The van der Waals surface area contributed by atoms with Crippen molar-refractivity contribution in [3.8, 4) is 0 Å². The monoisotopic (exact) mass is 395 g/mol. The van der Waals surface area contributed by atoms with Gasteiger partial charge in [0, 0.05) is 19.8 Å². The van der Waals surface area contributed by atoms with Crippen molar-refractivity contribution in [3.63, 3.8) is 0 Å². The van der Waals surface area contributed by atoms with Crippen LogP contribution < -0.4 is 9.91 Å². The van der Waals surface area contributed by atoms with Gasteiger partial charge in [-0.1, -0.05) is 12.1 Å². The Balaban J connectivity index is 2.03. The van der Waals surface area contributed by atoms with Crippen LogP contribution in [0.4, 0.5) is 33.3 Å². The lowest BCUT2D eigenvalue weighted by atomic mass is 10.1. The van der Waals surface area contributed by atoms with E-state index in [0.29, 0.717) is 5.56 Å². The second kappa shape index (κ2) is 7.06. The van der Waals surface area contributed by atoms with E-state index in [2.05, 4.69) is 5.10 Å². The van der Waals surface area contributed by atoms with Crippen molar-refractivity contribution < 1.29 is 26.7 Å². The van der Waals surface area contributed by atoms with Crippen LogP contribution in [0.2, 0.25) is 0 Å². The van der Waals surface area contributed by atoms with Gasteiger partial charge in [0.15, 0.2) is 23.3 Å². The Morgan fingerprint density at radius 2 is 1.39 bits per heavy atom. The van der Waals surface area contributed by atoms with Crippen LogP contribution in [-0.4, -0.2) is 25.7 Å². The molecule has 0 aliphatic carbocycles. The van der Waals surface area contributed by atoms with Gasteiger partial charge in [-0.05, 0) is 30.7 Å². The Kier molecular flexibility index (Phi) is 4.93. The van der Waals surface area contributed by atoms with Crippen molar-refractivity contribution in [2.24, 2.45) is 5.10 Å². The Morgan fingerprint density at radius 1 is 0.893 bits per heavy atom. The van der Waals surface area contributed by atoms with E-state index in [1.807, 2.05) is 19.0 Å². The number of benzene rings is 2. The number of carbonyl (C=O) groups is 1. The maximum Gasteiger partial charge on any atom is 0.280 e. The van der Waals surface area contributed by atoms with Crippen LogP contribution >= 0.6 is 0 Å². The van der Waals surface area contributed by atoms with E-state index < -0.39 is 40.7 Å². The van der Waals surface area contributed by atoms with Gasteiger partial charge in [-0.2, -0.15) is 10.1 Å². The summed E-state index contributed by atoms with van der Waals surface area (Å²) in [5.74, 6) is -11.9. The zero-order valence-electron chi connectivity index (χ0n) is 15.0. The highest BCUT2D eigenvalue weighted by Crippen LogP contribution is 2.34. The maximum atomic E-state index is 14.0. The van der Waals surface area contributed by atoms with E-state index in [4.69, 9.17) is 0 Å². The van der Waals surface area contributed by atoms with Crippen molar-refractivity contribution >= 4 is 29.1 Å². The molecular weight excluding hydrogens is 381 g/mol. The number of anilines is 2. The van der Waals surface area contributed by atoms with E-state index in [-0.39, 0.29) is 16.3 Å². The Bertz CT molecular complexity index is 1000. The molecular formula is C19H14F5N3O. The lowest BCUT2D eigenvalue weighted by molar-refractivity contribution is -0.114. The smallest absolute Gasteiger partial charge is 0.280 e. The van der Waals surface area contributed by atoms with Crippen LogP contribution in [0.25, 0.3) is 6.08 Å². The van der Waals surface area contributed by atoms with Gasteiger partial charge in [-0.15, -0.1) is 0 Å². The molecule has 1 aliphatic rings. The molecule has 3 rings (SSSR count). The molecule has 1 aliphatic heterocycles. The first-order chi connectivity index (χ1) is 13.1. The summed E-state index contributed by atoms with van der Waals surface area (Å²) < 4.78 is 68.2. The summed E-state index contributed by atoms with van der Waals surface area (Å²) in [5, 5.41) is 3.87. The largest absolute Gasteiger partial charge is 0.378 e. The Morgan fingerprint density at radius 3 is 1.89 bits per heavy atom. The standard InChI is InChI=1S/C19H14F5N3O/c1-9-12(8-10-4-6-11(7-5-10)26(2)3)19(28)27(25-9)18-16(23)14(21)13(20)15(22)17(18)24/h4-8H,1-3H3/b12-8+. The fourth-order valence-electron chi connectivity index (χ4n) is 2.65. The Hall–Kier alpha value is -3.23. The number of hydrazone groups is 1. The summed E-state index contributed by atoms with van der Waals surface area (Å²) >= 11 is 0. The molecule has 0 saturated heterocycles. The van der Waals surface area contributed by atoms with Gasteiger partial charge < -0.3 is 4.90 Å². The minimum atomic E-state index is -2.30. The fraction of sp³-hybridized carbons (Fsp3) is 0.158. The quantitative estimate of drug-likeness (QED) is 0.337. The van der Waals surface area contributed by atoms with Crippen LogP contribution in [0, 0.1) is 29.1 Å². The molecule has 2 aromatic carbocycles. The predicted octanol–water partition coefficient (Wildman–Crippen LogP) is 4.25. The second-order valence-corrected chi connectivity index (χ2v) is 6.26. The summed E-state index contributed by atoms with van der Waals surface area (Å²) in [5.41, 5.74) is 0.148. The zero-order chi connectivity index (χ0) is 20.7. The van der Waals surface area contributed by atoms with Gasteiger partial charge in [0.05, 0.1) is 11.3 Å². The first-order valence-corrected chi connectivity index (χ1v) is 8.04. The highest BCUT2D eigenvalue weighted by molar-refractivity contribution is 6.32. The number of hydrogen-bond acceptors (Lipinski definition) is 3. The van der Waals surface area contributed by atoms with E-state index in [0.717, 1.165) is 5.69 Å². The Labute approximate surface area is 157 Å². The van der Waals surface area contributed by atoms with Gasteiger partial charge >= 0.3 is 0 Å². The van der Waals surface area contributed by atoms with Crippen molar-refractivity contribution in [2.45, 2.75) is 6.92 Å². The third kappa shape index (κ3) is 3.12. The molecule has 2 aromatic rings. The second-order valence-electron chi connectivity index (χ2n) is 6.26. The fourth-order valence-corrected chi connectivity index (χ4v) is 2.65. The summed E-state index contributed by atoms with van der Waals surface area (Å²) in [7, 11) is 3.71. The van der Waals surface area contributed by atoms with Crippen LogP contribution in [0.3, 0.4) is 0 Å². The number of hydrogen-bond donors (Lipinski definition) is 0. The molecule has 0 unspecified atom stereocenters. The molecule has 0 aromatic heterocycles. The summed E-state index contributed by atoms with van der Waals surface area (Å²) in [6, 6.07) is 7.01. The van der Waals surface area contributed by atoms with Crippen LogP contribution in [0.15, 0.2) is 34.9 Å². The summed E-state index contributed by atoms with van der Waals surface area (Å²) in [4.78, 5) is 14.4. The predicted molar refractivity (Wildman–Crippen MR) is 95.6 cm³/mol. The maximum absolute atomic E-state index is 14.0. The number of halogens is 5. The zero-order valence-corrected chi connectivity index (χ0v) is 15.0. The lowest BCUT2D eigenvalue weighted by Gasteiger charge is -2.15. The third-order valence-electron chi connectivity index (χ3n) is 4.18. The molecule has 146 valence electrons. The number of carbonyl (C=O) groups excluding carboxylic acids is 1. The topological polar surface area (TPSA) is 35.9 Å². The SMILES string of the molecule is CC1=NN(c2c(F)c(F)c(F)c(F)c2F)C(=O)/C1=C/c1ccc(N(C)C)cc1. The van der Waals surface area contributed by atoms with Crippen LogP contribution in [-0.2, 0) is 4.79 Å². The summed E-state index contributed by atoms with van der Waals surface area (Å²) in [6.45, 7) is 1.39. The first-order valence-electron chi connectivity index (χ1n) is 8.04. The molecule has 0 bridgehead atoms.